The second kappa shape index (κ2) is 26.5. The molecule has 4 atom stereocenters. The van der Waals surface area contributed by atoms with Crippen LogP contribution in [0.25, 0.3) is 66.4 Å². The molecule has 29 heteroatoms. The van der Waals surface area contributed by atoms with Gasteiger partial charge < -0.3 is 33.2 Å². The molecule has 0 unspecified atom stereocenters. The van der Waals surface area contributed by atoms with Crippen LogP contribution in [-0.2, 0) is 20.0 Å². The summed E-state index contributed by atoms with van der Waals surface area (Å²) in [7, 11) is -8.57. The SMILES string of the molecule is Cc1ccc(S(=O)(=O)n2cc(-c3ncc(F)c(N[C@@H]4CCC[C@H](N)C4)n3)c3cc(F)cc(F)c32)cc1.Cc1ccc(S(=O)(=O)n2cc(-c3ncc(F)c(N[C@@H]4CCC[C@H](Nc5nc(N)nc6ccccc56)C4)n3)c3cc(F)cc(F)c32)cc1.Nc1nc2ccccc2c(=O)[nH]1. The molecule has 2 aliphatic carbocycles. The van der Waals surface area contributed by atoms with E-state index in [1.54, 1.807) is 56.3 Å². The summed E-state index contributed by atoms with van der Waals surface area (Å²) >= 11 is 0. The van der Waals surface area contributed by atoms with Gasteiger partial charge in [0.1, 0.15) is 28.5 Å². The lowest BCUT2D eigenvalue weighted by Gasteiger charge is -2.31. The molecule has 12 aromatic rings. The Hall–Kier alpha value is -10.5. The van der Waals surface area contributed by atoms with Crippen molar-refractivity contribution < 1.29 is 43.2 Å². The fraction of sp³-hybridized carbons (Fsp3) is 0.212. The topological polar surface area (TPSA) is 315 Å². The molecule has 0 amide bonds. The zero-order chi connectivity index (χ0) is 67.0. The van der Waals surface area contributed by atoms with Gasteiger partial charge in [-0.25, -0.2) is 81.0 Å². The molecule has 2 saturated carbocycles. The number of aryl methyl sites for hydroxylation is 2. The minimum Gasteiger partial charge on any atom is -0.369 e. The summed E-state index contributed by atoms with van der Waals surface area (Å²) in [6.45, 7) is 3.61. The van der Waals surface area contributed by atoms with E-state index < -0.39 is 54.9 Å². The minimum atomic E-state index is -4.31. The minimum absolute atomic E-state index is 0.00322. The van der Waals surface area contributed by atoms with Gasteiger partial charge in [-0.15, -0.1) is 0 Å². The quantitative estimate of drug-likeness (QED) is 0.0559. The first-order chi connectivity index (χ1) is 45.5. The number of anilines is 5. The Balaban J connectivity index is 0.000000158. The van der Waals surface area contributed by atoms with Crippen molar-refractivity contribution in [3.05, 3.63) is 202 Å². The molecule has 10 N–H and O–H groups in total. The van der Waals surface area contributed by atoms with Gasteiger partial charge in [-0.1, -0.05) is 59.7 Å². The molecule has 6 aromatic carbocycles. The predicted molar refractivity (Wildman–Crippen MR) is 351 cm³/mol. The summed E-state index contributed by atoms with van der Waals surface area (Å²) in [5, 5.41) is 10.9. The zero-order valence-electron chi connectivity index (χ0n) is 50.7. The van der Waals surface area contributed by atoms with Gasteiger partial charge in [0.2, 0.25) is 11.9 Å². The Morgan fingerprint density at radius 1 is 0.505 bits per heavy atom. The molecule has 0 radical (unpaired) electrons. The number of benzene rings is 6. The second-order valence-electron chi connectivity index (χ2n) is 23.2. The van der Waals surface area contributed by atoms with E-state index in [9.17, 15) is 39.2 Å². The number of nitrogens with zero attached hydrogens (tertiary/aromatic N) is 9. The average Bonchev–Trinajstić information content (AvgIpc) is 1.60. The van der Waals surface area contributed by atoms with Crippen LogP contribution in [0.5, 0.6) is 0 Å². The molecule has 0 spiro atoms. The van der Waals surface area contributed by atoms with Crippen molar-refractivity contribution >= 4 is 93.0 Å². The number of nitrogens with two attached hydrogens (primary N) is 3. The fourth-order valence-electron chi connectivity index (χ4n) is 11.8. The maximum Gasteiger partial charge on any atom is 0.268 e. The number of halogens is 6. The Bertz CT molecular complexity index is 5220. The molecule has 6 aromatic heterocycles. The monoisotopic (exact) mass is 1330 g/mol. The smallest absolute Gasteiger partial charge is 0.268 e. The maximum atomic E-state index is 15.2. The van der Waals surface area contributed by atoms with Gasteiger partial charge in [0.15, 0.2) is 46.6 Å². The first kappa shape index (κ1) is 64.6. The largest absolute Gasteiger partial charge is 0.369 e. The lowest BCUT2D eigenvalue weighted by Crippen LogP contribution is -2.35. The highest BCUT2D eigenvalue weighted by molar-refractivity contribution is 7.90. The highest BCUT2D eigenvalue weighted by Crippen LogP contribution is 2.38. The number of hydrogen-bond donors (Lipinski definition) is 7. The van der Waals surface area contributed by atoms with E-state index in [2.05, 4.69) is 55.8 Å². The van der Waals surface area contributed by atoms with Gasteiger partial charge in [-0.05, 0) is 126 Å². The van der Waals surface area contributed by atoms with Crippen molar-refractivity contribution in [2.24, 2.45) is 5.73 Å². The van der Waals surface area contributed by atoms with Crippen LogP contribution in [-0.4, -0.2) is 88.8 Å². The Morgan fingerprint density at radius 2 is 0.947 bits per heavy atom. The molecule has 2 fully saturated rings. The number of nitrogens with one attached hydrogen (secondary N) is 4. The van der Waals surface area contributed by atoms with Gasteiger partial charge in [0.25, 0.3) is 25.6 Å². The van der Waals surface area contributed by atoms with Crippen LogP contribution in [0.3, 0.4) is 0 Å². The van der Waals surface area contributed by atoms with Crippen molar-refractivity contribution in [1.29, 1.82) is 0 Å². The third-order valence-corrected chi connectivity index (χ3v) is 19.7. The van der Waals surface area contributed by atoms with Crippen molar-refractivity contribution in [2.45, 2.75) is 99.2 Å². The molecule has 6 heterocycles. The molecule has 95 heavy (non-hydrogen) atoms. The van der Waals surface area contributed by atoms with Crippen molar-refractivity contribution in [3.63, 3.8) is 0 Å². The lowest BCUT2D eigenvalue weighted by molar-refractivity contribution is 0.407. The maximum absolute atomic E-state index is 15.2. The van der Waals surface area contributed by atoms with Crippen molar-refractivity contribution in [1.82, 2.24) is 47.8 Å². The van der Waals surface area contributed by atoms with Crippen LogP contribution in [0, 0.1) is 48.8 Å². The first-order valence-corrected chi connectivity index (χ1v) is 32.9. The molecule has 0 bridgehead atoms. The van der Waals surface area contributed by atoms with Crippen molar-refractivity contribution in [3.8, 4) is 22.8 Å². The molecule has 0 aliphatic heterocycles. The third-order valence-electron chi connectivity index (χ3n) is 16.4. The number of aromatic nitrogens is 10. The number of para-hydroxylation sites is 2. The summed E-state index contributed by atoms with van der Waals surface area (Å²) in [5.41, 5.74) is 19.5. The van der Waals surface area contributed by atoms with E-state index in [-0.39, 0.29) is 108 Å². The Kier molecular flexibility index (Phi) is 18.0. The van der Waals surface area contributed by atoms with Gasteiger partial charge in [0.05, 0.1) is 38.6 Å². The van der Waals surface area contributed by atoms with E-state index in [0.29, 0.717) is 41.7 Å². The standard InChI is InChI=1S/C33H29F3N8O2S.C25H24F3N5O2S.C8H7N3O/c1-18-9-11-22(12-10-18)47(45,46)44-17-25(24-13-19(34)14-26(35)29(24)44)30-38-16-27(36)32(42-30)40-21-6-4-5-20(15-21)39-31-23-7-2-3-8-28(23)41-33(37)43-31;1-14-5-7-18(8-6-14)36(34,35)33-13-20(19-9-15(26)10-21(27)23(19)33)24-30-12-22(28)25(32-24)31-17-4-2-3-16(29)11-17;9-8-10-6-4-2-1-3-5(6)7(12)11-8/h2-3,7-14,16-17,20-21H,4-6,15H2,1H3,(H,38,40,42)(H3,37,39,41,43);5-10,12-13,16-17H,2-4,11,29H2,1H3,(H,30,31,32);1-4H,(H3,9,10,11,12)/t20-,21+;16-,17+;/m00./s1. The first-order valence-electron chi connectivity index (χ1n) is 30.0. The van der Waals surface area contributed by atoms with Gasteiger partial charge >= 0.3 is 0 Å². The van der Waals surface area contributed by atoms with E-state index in [1.807, 2.05) is 30.3 Å². The summed E-state index contributed by atoms with van der Waals surface area (Å²) in [6.07, 6.45) is 10.4. The third kappa shape index (κ3) is 13.7. The number of fused-ring (bicyclic) bond motifs is 4. The fourth-order valence-corrected chi connectivity index (χ4v) is 14.5. The lowest BCUT2D eigenvalue weighted by atomic mass is 9.91. The summed E-state index contributed by atoms with van der Waals surface area (Å²) in [4.78, 5) is 42.9. The van der Waals surface area contributed by atoms with Crippen LogP contribution in [0.1, 0.15) is 62.5 Å². The number of nitrogen functional groups attached to an aromatic ring is 2. The molecule has 14 rings (SSSR count). The van der Waals surface area contributed by atoms with Crippen LogP contribution >= 0.6 is 0 Å². The Morgan fingerprint density at radius 3 is 1.44 bits per heavy atom. The average molecular weight is 1340 g/mol. The van der Waals surface area contributed by atoms with Crippen LogP contribution in [0.15, 0.2) is 161 Å². The molecule has 2 aliphatic rings. The summed E-state index contributed by atoms with van der Waals surface area (Å²) < 4.78 is 144. The van der Waals surface area contributed by atoms with Crippen molar-refractivity contribution in [2.75, 3.05) is 27.4 Å². The zero-order valence-corrected chi connectivity index (χ0v) is 52.3. The van der Waals surface area contributed by atoms with Gasteiger partial charge in [-0.3, -0.25) is 9.78 Å². The van der Waals surface area contributed by atoms with E-state index >= 15 is 8.78 Å². The summed E-state index contributed by atoms with van der Waals surface area (Å²) in [6, 6.07) is 29.6. The van der Waals surface area contributed by atoms with Crippen LogP contribution < -0.4 is 38.7 Å². The van der Waals surface area contributed by atoms with Gasteiger partial charge in [0, 0.05) is 76.0 Å². The molecule has 488 valence electrons. The molecular weight excluding hydrogens is 1270 g/mol. The number of rotatable bonds is 12. The van der Waals surface area contributed by atoms with E-state index in [4.69, 9.17) is 17.2 Å². The summed E-state index contributed by atoms with van der Waals surface area (Å²) in [5.74, 6) is -4.85. The second-order valence-corrected chi connectivity index (χ2v) is 26.8. The Labute approximate surface area is 539 Å². The molecule has 0 saturated heterocycles. The van der Waals surface area contributed by atoms with E-state index in [0.717, 1.165) is 105 Å². The highest BCUT2D eigenvalue weighted by atomic mass is 32.2. The van der Waals surface area contributed by atoms with Crippen LogP contribution in [0.4, 0.5) is 55.7 Å². The molecular formula is C66H60F6N16O5S2. The van der Waals surface area contributed by atoms with E-state index in [1.165, 1.54) is 24.3 Å². The number of aromatic amines is 1. The van der Waals surface area contributed by atoms with Crippen LogP contribution in [0.2, 0.25) is 0 Å². The highest BCUT2D eigenvalue weighted by Gasteiger charge is 2.31. The predicted octanol–water partition coefficient (Wildman–Crippen LogP) is 11.7. The number of hydrogen-bond acceptors (Lipinski definition) is 18. The molecule has 21 nitrogen and oxygen atoms in total. The number of H-pyrrole nitrogens is 1. The normalized spacial score (nSPS) is 16.6. The van der Waals surface area contributed by atoms with Gasteiger partial charge in [-0.2, -0.15) is 4.98 Å².